The van der Waals surface area contributed by atoms with E-state index in [4.69, 9.17) is 0 Å². The summed E-state index contributed by atoms with van der Waals surface area (Å²) in [6.07, 6.45) is 9.36. The first kappa shape index (κ1) is 19.9. The van der Waals surface area contributed by atoms with E-state index in [0.29, 0.717) is 23.9 Å². The highest BCUT2D eigenvalue weighted by Crippen LogP contribution is 2.25. The lowest BCUT2D eigenvalue weighted by molar-refractivity contribution is -0.128. The number of sulfonamides is 1. The molecule has 1 saturated heterocycles. The van der Waals surface area contributed by atoms with Crippen molar-refractivity contribution in [2.45, 2.75) is 32.6 Å². The summed E-state index contributed by atoms with van der Waals surface area (Å²) in [7, 11) is -3.37. The van der Waals surface area contributed by atoms with Crippen molar-refractivity contribution in [1.29, 1.82) is 0 Å². The van der Waals surface area contributed by atoms with Gasteiger partial charge in [-0.25, -0.2) is 8.42 Å². The summed E-state index contributed by atoms with van der Waals surface area (Å²) >= 11 is 0. The molecule has 7 heteroatoms. The highest BCUT2D eigenvalue weighted by molar-refractivity contribution is 7.90. The van der Waals surface area contributed by atoms with Crippen LogP contribution >= 0.6 is 0 Å². The van der Waals surface area contributed by atoms with Gasteiger partial charge in [-0.1, -0.05) is 29.8 Å². The highest BCUT2D eigenvalue weighted by atomic mass is 32.2. The molecule has 0 unspecified atom stereocenters. The number of rotatable bonds is 4. The van der Waals surface area contributed by atoms with Crippen LogP contribution in [0.5, 0.6) is 0 Å². The second kappa shape index (κ2) is 8.14. The molecule has 1 aromatic rings. The molecule has 0 atom stereocenters. The molecule has 29 heavy (non-hydrogen) atoms. The fourth-order valence-corrected chi connectivity index (χ4v) is 5.03. The monoisotopic (exact) mass is 413 g/mol. The van der Waals surface area contributed by atoms with Gasteiger partial charge in [0.05, 0.1) is 11.3 Å². The van der Waals surface area contributed by atoms with Gasteiger partial charge in [-0.05, 0) is 56.2 Å². The summed E-state index contributed by atoms with van der Waals surface area (Å²) in [5.74, 6) is 1.05. The van der Waals surface area contributed by atoms with Gasteiger partial charge in [0.1, 0.15) is 5.84 Å². The van der Waals surface area contributed by atoms with Crippen LogP contribution in [-0.2, 0) is 21.2 Å². The van der Waals surface area contributed by atoms with Crippen LogP contribution in [0.3, 0.4) is 0 Å². The topological polar surface area (TPSA) is 70.1 Å². The molecule has 0 radical (unpaired) electrons. The molecular weight excluding hydrogens is 386 g/mol. The summed E-state index contributed by atoms with van der Waals surface area (Å²) in [6, 6.07) is 8.74. The van der Waals surface area contributed by atoms with Crippen molar-refractivity contribution in [3.63, 3.8) is 0 Å². The van der Waals surface area contributed by atoms with Gasteiger partial charge in [0.2, 0.25) is 0 Å². The van der Waals surface area contributed by atoms with E-state index in [1.54, 1.807) is 23.3 Å². The Kier molecular flexibility index (Phi) is 5.58. The van der Waals surface area contributed by atoms with Crippen molar-refractivity contribution >= 4 is 21.8 Å². The van der Waals surface area contributed by atoms with Crippen molar-refractivity contribution in [2.75, 3.05) is 25.4 Å². The molecule has 1 amide bonds. The van der Waals surface area contributed by atoms with Crippen LogP contribution in [0.4, 0.5) is 0 Å². The normalized spacial score (nSPS) is 21.4. The van der Waals surface area contributed by atoms with Crippen molar-refractivity contribution in [1.82, 2.24) is 9.80 Å². The van der Waals surface area contributed by atoms with Crippen molar-refractivity contribution < 1.29 is 13.2 Å². The fraction of sp³-hybridized carbons (Fsp3) is 0.455. The van der Waals surface area contributed by atoms with Gasteiger partial charge in [0, 0.05) is 25.8 Å². The molecule has 3 aliphatic rings. The predicted molar refractivity (Wildman–Crippen MR) is 114 cm³/mol. The number of amides is 1. The number of amidine groups is 1. The predicted octanol–water partition coefficient (Wildman–Crippen LogP) is 2.66. The number of carbonyl (C=O) groups is 1. The second-order valence-electron chi connectivity index (χ2n) is 8.11. The molecule has 0 spiro atoms. The molecule has 3 heterocycles. The Labute approximate surface area is 172 Å². The Morgan fingerprint density at radius 1 is 1.10 bits per heavy atom. The van der Waals surface area contributed by atoms with E-state index in [0.717, 1.165) is 38.8 Å². The Bertz CT molecular complexity index is 969. The lowest BCUT2D eigenvalue weighted by atomic mass is 9.90. The Hall–Kier alpha value is -2.41. The van der Waals surface area contributed by atoms with Crippen LogP contribution in [0.15, 0.2) is 52.6 Å². The van der Waals surface area contributed by atoms with Gasteiger partial charge in [-0.2, -0.15) is 0 Å². The zero-order valence-corrected chi connectivity index (χ0v) is 17.6. The van der Waals surface area contributed by atoms with Crippen LogP contribution in [0.25, 0.3) is 0 Å². The number of fused-ring (bicyclic) bond motifs is 1. The molecular formula is C22H27N3O3S. The number of hydrogen-bond donors (Lipinski definition) is 0. The second-order valence-corrected chi connectivity index (χ2v) is 9.86. The van der Waals surface area contributed by atoms with Gasteiger partial charge < -0.3 is 9.80 Å². The zero-order chi connectivity index (χ0) is 20.4. The van der Waals surface area contributed by atoms with Gasteiger partial charge in [-0.15, -0.1) is 4.40 Å². The third kappa shape index (κ3) is 4.78. The van der Waals surface area contributed by atoms with Gasteiger partial charge in [0.25, 0.3) is 15.9 Å². The molecule has 1 fully saturated rings. The third-order valence-corrected chi connectivity index (χ3v) is 7.10. The van der Waals surface area contributed by atoms with Crippen molar-refractivity contribution in [3.8, 4) is 0 Å². The van der Waals surface area contributed by atoms with Crippen LogP contribution in [-0.4, -0.2) is 55.3 Å². The average Bonchev–Trinajstić information content (AvgIpc) is 2.72. The van der Waals surface area contributed by atoms with E-state index in [2.05, 4.69) is 35.6 Å². The van der Waals surface area contributed by atoms with Gasteiger partial charge >= 0.3 is 0 Å². The lowest BCUT2D eigenvalue weighted by Crippen LogP contribution is -2.41. The number of aryl methyl sites for hydroxylation is 2. The minimum Gasteiger partial charge on any atom is -0.339 e. The van der Waals surface area contributed by atoms with Gasteiger partial charge in [-0.3, -0.25) is 4.79 Å². The Morgan fingerprint density at radius 2 is 1.83 bits per heavy atom. The summed E-state index contributed by atoms with van der Waals surface area (Å²) in [5, 5.41) is 0. The number of piperidine rings is 1. The quantitative estimate of drug-likeness (QED) is 0.761. The van der Waals surface area contributed by atoms with E-state index < -0.39 is 10.0 Å². The van der Waals surface area contributed by atoms with Crippen molar-refractivity contribution in [2.24, 2.45) is 10.3 Å². The smallest absolute Gasteiger partial charge is 0.256 e. The summed E-state index contributed by atoms with van der Waals surface area (Å²) < 4.78 is 27.0. The number of hydrogen-bond acceptors (Lipinski definition) is 4. The molecule has 0 aromatic heterocycles. The van der Waals surface area contributed by atoms with Crippen LogP contribution in [0.2, 0.25) is 0 Å². The number of carbonyl (C=O) groups excluding carboxylic acids is 1. The minimum absolute atomic E-state index is 0.0192. The molecule has 0 N–H and O–H groups in total. The largest absolute Gasteiger partial charge is 0.339 e. The molecule has 1 aromatic carbocycles. The molecule has 0 aliphatic carbocycles. The maximum absolute atomic E-state index is 12.9. The van der Waals surface area contributed by atoms with Crippen LogP contribution < -0.4 is 0 Å². The maximum Gasteiger partial charge on any atom is 0.256 e. The maximum atomic E-state index is 12.9. The van der Waals surface area contributed by atoms with E-state index in [1.165, 1.54) is 11.1 Å². The van der Waals surface area contributed by atoms with Gasteiger partial charge in [0.15, 0.2) is 0 Å². The molecule has 0 saturated carbocycles. The lowest BCUT2D eigenvalue weighted by Gasteiger charge is -2.33. The fourth-order valence-electron chi connectivity index (χ4n) is 4.06. The van der Waals surface area contributed by atoms with E-state index in [9.17, 15) is 13.2 Å². The van der Waals surface area contributed by atoms with Crippen molar-refractivity contribution in [3.05, 3.63) is 59.3 Å². The third-order valence-electron chi connectivity index (χ3n) is 5.93. The number of benzene rings is 1. The first-order valence-corrected chi connectivity index (χ1v) is 11.8. The van der Waals surface area contributed by atoms with Crippen LogP contribution in [0, 0.1) is 12.8 Å². The number of likely N-dealkylation sites (tertiary alicyclic amines) is 1. The summed E-state index contributed by atoms with van der Waals surface area (Å²) in [6.45, 7) is 3.99. The number of nitrogens with zero attached hydrogens (tertiary/aromatic N) is 3. The van der Waals surface area contributed by atoms with E-state index >= 15 is 0 Å². The first-order chi connectivity index (χ1) is 13.9. The molecule has 3 aliphatic heterocycles. The Morgan fingerprint density at radius 3 is 2.55 bits per heavy atom. The standard InChI is InChI=1S/C22H27N3O3S/c1-17-2-4-18(5-3-17)6-7-19-10-12-24(13-11-19)22(26)20-8-9-21-23-29(27,28)15-14-25(21)16-20/h2-5,8-9,16,19H,6-7,10-15H2,1H3. The summed E-state index contributed by atoms with van der Waals surface area (Å²) in [4.78, 5) is 16.6. The zero-order valence-electron chi connectivity index (χ0n) is 16.8. The molecule has 4 rings (SSSR count). The highest BCUT2D eigenvalue weighted by Gasteiger charge is 2.28. The average molecular weight is 414 g/mol. The molecule has 6 nitrogen and oxygen atoms in total. The SMILES string of the molecule is Cc1ccc(CCC2CCN(C(=O)C3=CN4CCS(=O)(=O)N=C4C=C3)CC2)cc1. The van der Waals surface area contributed by atoms with E-state index in [-0.39, 0.29) is 11.7 Å². The molecule has 0 bridgehead atoms. The summed E-state index contributed by atoms with van der Waals surface area (Å²) in [5.41, 5.74) is 3.27. The Balaban J connectivity index is 1.30. The van der Waals surface area contributed by atoms with E-state index in [1.807, 2.05) is 4.90 Å². The van der Waals surface area contributed by atoms with Crippen LogP contribution in [0.1, 0.15) is 30.4 Å². The molecule has 154 valence electrons. The first-order valence-electron chi connectivity index (χ1n) is 10.2. The minimum atomic E-state index is -3.37.